The van der Waals surface area contributed by atoms with Crippen molar-refractivity contribution in [2.24, 2.45) is 11.8 Å². The molecule has 3 heteroatoms. The first-order valence-electron chi connectivity index (χ1n) is 5.84. The molecule has 1 unspecified atom stereocenters. The lowest BCUT2D eigenvalue weighted by molar-refractivity contribution is -0.161. The third kappa shape index (κ3) is 4.20. The third-order valence-electron chi connectivity index (χ3n) is 2.87. The van der Waals surface area contributed by atoms with Crippen molar-refractivity contribution in [1.29, 1.82) is 0 Å². The first kappa shape index (κ1) is 12.5. The van der Waals surface area contributed by atoms with Crippen LogP contribution in [0.2, 0.25) is 0 Å². The number of ether oxygens (including phenoxy) is 1. The molecule has 1 saturated heterocycles. The molecule has 1 aliphatic rings. The highest BCUT2D eigenvalue weighted by Gasteiger charge is 2.29. The molecule has 88 valence electrons. The molecule has 0 aromatic rings. The van der Waals surface area contributed by atoms with Gasteiger partial charge in [0.15, 0.2) is 0 Å². The van der Waals surface area contributed by atoms with Gasteiger partial charge in [-0.25, -0.2) is 0 Å². The van der Waals surface area contributed by atoms with Crippen molar-refractivity contribution in [3.8, 4) is 0 Å². The molecule has 1 heterocycles. The molecule has 0 aliphatic carbocycles. The smallest absolute Gasteiger partial charge is 0.309 e. The zero-order chi connectivity index (χ0) is 11.5. The molecule has 0 saturated carbocycles. The molecule has 15 heavy (non-hydrogen) atoms. The Morgan fingerprint density at radius 2 is 1.87 bits per heavy atom. The number of piperidine rings is 1. The number of hydrogen-bond donors (Lipinski definition) is 1. The lowest BCUT2D eigenvalue weighted by Gasteiger charge is -2.29. The summed E-state index contributed by atoms with van der Waals surface area (Å²) in [5, 5.41) is 3.30. The molecule has 0 amide bonds. The molecule has 1 N–H and O–H groups in total. The van der Waals surface area contributed by atoms with Crippen LogP contribution in [-0.2, 0) is 9.53 Å². The molecule has 1 fully saturated rings. The number of carbonyl (C=O) groups excluding carboxylic acids is 1. The van der Waals surface area contributed by atoms with Crippen LogP contribution in [-0.4, -0.2) is 24.7 Å². The van der Waals surface area contributed by atoms with E-state index in [0.29, 0.717) is 5.92 Å². The van der Waals surface area contributed by atoms with Gasteiger partial charge in [-0.15, -0.1) is 0 Å². The standard InChI is InChI=1S/C12H23NO2/c1-9(10-5-7-13-8-6-10)11(14)15-12(2,3)4/h9-10,13H,5-8H2,1-4H3. The molecule has 0 radical (unpaired) electrons. The fraction of sp³-hybridized carbons (Fsp3) is 0.917. The molecule has 0 aromatic heterocycles. The van der Waals surface area contributed by atoms with E-state index in [2.05, 4.69) is 5.32 Å². The zero-order valence-electron chi connectivity index (χ0n) is 10.3. The van der Waals surface area contributed by atoms with E-state index in [1.54, 1.807) is 0 Å². The van der Waals surface area contributed by atoms with Crippen LogP contribution in [0.3, 0.4) is 0 Å². The molecular weight excluding hydrogens is 190 g/mol. The van der Waals surface area contributed by atoms with Crippen LogP contribution in [0.1, 0.15) is 40.5 Å². The number of carbonyl (C=O) groups is 1. The summed E-state index contributed by atoms with van der Waals surface area (Å²) < 4.78 is 5.39. The molecule has 0 aromatic carbocycles. The summed E-state index contributed by atoms with van der Waals surface area (Å²) in [6.07, 6.45) is 2.17. The van der Waals surface area contributed by atoms with Crippen LogP contribution < -0.4 is 5.32 Å². The highest BCUT2D eigenvalue weighted by atomic mass is 16.6. The topological polar surface area (TPSA) is 38.3 Å². The summed E-state index contributed by atoms with van der Waals surface area (Å²) in [6, 6.07) is 0. The quantitative estimate of drug-likeness (QED) is 0.713. The number of hydrogen-bond acceptors (Lipinski definition) is 3. The maximum atomic E-state index is 11.8. The largest absolute Gasteiger partial charge is 0.460 e. The van der Waals surface area contributed by atoms with Crippen LogP contribution >= 0.6 is 0 Å². The van der Waals surface area contributed by atoms with Crippen molar-refractivity contribution < 1.29 is 9.53 Å². The average molecular weight is 213 g/mol. The van der Waals surface area contributed by atoms with E-state index in [9.17, 15) is 4.79 Å². The van der Waals surface area contributed by atoms with Gasteiger partial charge in [0.25, 0.3) is 0 Å². The van der Waals surface area contributed by atoms with E-state index < -0.39 is 0 Å². The van der Waals surface area contributed by atoms with Gasteiger partial charge in [0.1, 0.15) is 5.60 Å². The van der Waals surface area contributed by atoms with E-state index >= 15 is 0 Å². The second kappa shape index (κ2) is 4.97. The lowest BCUT2D eigenvalue weighted by Crippen LogP contribution is -2.36. The van der Waals surface area contributed by atoms with Gasteiger partial charge in [0.05, 0.1) is 5.92 Å². The Balaban J connectivity index is 2.44. The Morgan fingerprint density at radius 3 is 2.33 bits per heavy atom. The fourth-order valence-electron chi connectivity index (χ4n) is 1.93. The van der Waals surface area contributed by atoms with Gasteiger partial charge < -0.3 is 10.1 Å². The van der Waals surface area contributed by atoms with Gasteiger partial charge in [-0.1, -0.05) is 6.92 Å². The Morgan fingerprint density at radius 1 is 1.33 bits per heavy atom. The Hall–Kier alpha value is -0.570. The summed E-state index contributed by atoms with van der Waals surface area (Å²) in [4.78, 5) is 11.8. The van der Waals surface area contributed by atoms with Gasteiger partial charge in [-0.05, 0) is 52.6 Å². The monoisotopic (exact) mass is 213 g/mol. The molecular formula is C12H23NO2. The Labute approximate surface area is 92.6 Å². The zero-order valence-corrected chi connectivity index (χ0v) is 10.3. The predicted octanol–water partition coefficient (Wildman–Crippen LogP) is 1.96. The number of nitrogens with one attached hydrogen (secondary N) is 1. The maximum Gasteiger partial charge on any atom is 0.309 e. The minimum atomic E-state index is -0.363. The lowest BCUT2D eigenvalue weighted by atomic mass is 9.86. The molecule has 0 bridgehead atoms. The summed E-state index contributed by atoms with van der Waals surface area (Å²) in [6.45, 7) is 9.79. The highest BCUT2D eigenvalue weighted by molar-refractivity contribution is 5.72. The van der Waals surface area contributed by atoms with E-state index in [4.69, 9.17) is 4.74 Å². The van der Waals surface area contributed by atoms with E-state index in [0.717, 1.165) is 25.9 Å². The summed E-state index contributed by atoms with van der Waals surface area (Å²) in [5.74, 6) is 0.474. The molecule has 0 spiro atoms. The van der Waals surface area contributed by atoms with Crippen LogP contribution in [0.4, 0.5) is 0 Å². The van der Waals surface area contributed by atoms with Crippen molar-refractivity contribution in [1.82, 2.24) is 5.32 Å². The Bertz CT molecular complexity index is 214. The Kier molecular flexibility index (Phi) is 4.14. The molecule has 1 rings (SSSR count). The number of rotatable bonds is 2. The van der Waals surface area contributed by atoms with Gasteiger partial charge in [-0.3, -0.25) is 4.79 Å². The molecule has 1 aliphatic heterocycles. The van der Waals surface area contributed by atoms with Crippen molar-refractivity contribution >= 4 is 5.97 Å². The van der Waals surface area contributed by atoms with Gasteiger partial charge in [0.2, 0.25) is 0 Å². The summed E-state index contributed by atoms with van der Waals surface area (Å²) in [7, 11) is 0. The van der Waals surface area contributed by atoms with Gasteiger partial charge in [0, 0.05) is 0 Å². The van der Waals surface area contributed by atoms with Crippen molar-refractivity contribution in [3.63, 3.8) is 0 Å². The molecule has 1 atom stereocenters. The maximum absolute atomic E-state index is 11.8. The van der Waals surface area contributed by atoms with E-state index in [1.807, 2.05) is 27.7 Å². The second-order valence-corrected chi connectivity index (χ2v) is 5.41. The van der Waals surface area contributed by atoms with Crippen LogP contribution in [0, 0.1) is 11.8 Å². The van der Waals surface area contributed by atoms with Crippen molar-refractivity contribution in [3.05, 3.63) is 0 Å². The molecule has 3 nitrogen and oxygen atoms in total. The average Bonchev–Trinajstić information content (AvgIpc) is 2.15. The SMILES string of the molecule is CC(C(=O)OC(C)(C)C)C1CCNCC1. The van der Waals surface area contributed by atoms with Crippen LogP contribution in [0.25, 0.3) is 0 Å². The van der Waals surface area contributed by atoms with Crippen molar-refractivity contribution in [2.75, 3.05) is 13.1 Å². The second-order valence-electron chi connectivity index (χ2n) is 5.41. The van der Waals surface area contributed by atoms with Gasteiger partial charge in [-0.2, -0.15) is 0 Å². The first-order chi connectivity index (χ1) is 6.90. The van der Waals surface area contributed by atoms with E-state index in [-0.39, 0.29) is 17.5 Å². The number of esters is 1. The fourth-order valence-corrected chi connectivity index (χ4v) is 1.93. The van der Waals surface area contributed by atoms with Gasteiger partial charge >= 0.3 is 5.97 Å². The summed E-state index contributed by atoms with van der Waals surface area (Å²) in [5.41, 5.74) is -0.363. The van der Waals surface area contributed by atoms with Crippen LogP contribution in [0.15, 0.2) is 0 Å². The minimum Gasteiger partial charge on any atom is -0.460 e. The van der Waals surface area contributed by atoms with Crippen molar-refractivity contribution in [2.45, 2.75) is 46.1 Å². The minimum absolute atomic E-state index is 0.0336. The third-order valence-corrected chi connectivity index (χ3v) is 2.87. The predicted molar refractivity (Wildman–Crippen MR) is 60.6 cm³/mol. The summed E-state index contributed by atoms with van der Waals surface area (Å²) >= 11 is 0. The first-order valence-corrected chi connectivity index (χ1v) is 5.84. The normalized spacial score (nSPS) is 21.1. The van der Waals surface area contributed by atoms with Crippen LogP contribution in [0.5, 0.6) is 0 Å². The van der Waals surface area contributed by atoms with E-state index in [1.165, 1.54) is 0 Å². The highest BCUT2D eigenvalue weighted by Crippen LogP contribution is 2.24.